The van der Waals surface area contributed by atoms with Gasteiger partial charge in [-0.05, 0) is 35.7 Å². The van der Waals surface area contributed by atoms with E-state index in [1.54, 1.807) is 29.6 Å². The molecule has 4 rings (SSSR count). The van der Waals surface area contributed by atoms with Crippen molar-refractivity contribution in [1.82, 2.24) is 0 Å². The van der Waals surface area contributed by atoms with Gasteiger partial charge in [-0.2, -0.15) is 8.78 Å². The first-order chi connectivity index (χ1) is 14.0. The largest absolute Gasteiger partial charge is 0.452 e. The number of hydrogen-bond acceptors (Lipinski definition) is 6. The van der Waals surface area contributed by atoms with Crippen molar-refractivity contribution in [1.29, 1.82) is 0 Å². The number of allylic oxidation sites excluding steroid dienone is 1. The lowest BCUT2D eigenvalue weighted by molar-refractivity contribution is -0.0500. The Morgan fingerprint density at radius 3 is 2.69 bits per heavy atom. The molecule has 0 radical (unpaired) electrons. The molecule has 146 valence electrons. The second kappa shape index (κ2) is 7.84. The number of carbonyl (C=O) groups excluding carboxylic acids is 2. The van der Waals surface area contributed by atoms with Crippen molar-refractivity contribution in [3.63, 3.8) is 0 Å². The Morgan fingerprint density at radius 1 is 1.10 bits per heavy atom. The minimum atomic E-state index is -2.99. The molecule has 0 N–H and O–H groups in total. The average Bonchev–Trinajstić information content (AvgIpc) is 3.32. The summed E-state index contributed by atoms with van der Waals surface area (Å²) in [4.78, 5) is 25.1. The van der Waals surface area contributed by atoms with Crippen molar-refractivity contribution in [3.05, 3.63) is 81.7 Å². The number of halogens is 2. The van der Waals surface area contributed by atoms with Crippen LogP contribution in [0, 0.1) is 0 Å². The highest BCUT2D eigenvalue weighted by molar-refractivity contribution is 7.12. The van der Waals surface area contributed by atoms with E-state index in [9.17, 15) is 18.4 Å². The standard InChI is InChI=1S/C21H12F2O5S/c22-21(23)28-15-5-2-1-4-12(15)10-17-19(24)14-8-7-13(11-16(14)27-17)26-20(25)18-6-3-9-29-18/h1-11,21H/b17-10-. The van der Waals surface area contributed by atoms with Crippen LogP contribution >= 0.6 is 11.3 Å². The second-order valence-corrected chi connectivity index (χ2v) is 6.83. The number of ketones is 1. The van der Waals surface area contributed by atoms with Gasteiger partial charge in [0.25, 0.3) is 0 Å². The van der Waals surface area contributed by atoms with Gasteiger partial charge in [0.05, 0.1) is 5.56 Å². The van der Waals surface area contributed by atoms with E-state index in [1.165, 1.54) is 47.7 Å². The van der Waals surface area contributed by atoms with Crippen molar-refractivity contribution in [2.75, 3.05) is 0 Å². The Kier molecular flexibility index (Phi) is 5.09. The summed E-state index contributed by atoms with van der Waals surface area (Å²) in [7, 11) is 0. The lowest BCUT2D eigenvalue weighted by Gasteiger charge is -2.08. The van der Waals surface area contributed by atoms with E-state index in [2.05, 4.69) is 4.74 Å². The molecule has 29 heavy (non-hydrogen) atoms. The zero-order valence-corrected chi connectivity index (χ0v) is 15.5. The molecule has 0 saturated carbocycles. The molecule has 0 unspecified atom stereocenters. The number of alkyl halides is 2. The van der Waals surface area contributed by atoms with Gasteiger partial charge in [-0.1, -0.05) is 24.3 Å². The number of esters is 1. The summed E-state index contributed by atoms with van der Waals surface area (Å²) in [6.45, 7) is -2.99. The zero-order valence-electron chi connectivity index (χ0n) is 14.6. The van der Waals surface area contributed by atoms with Crippen LogP contribution < -0.4 is 14.2 Å². The third-order valence-corrected chi connectivity index (χ3v) is 4.85. The summed E-state index contributed by atoms with van der Waals surface area (Å²) in [6.07, 6.45) is 1.33. The Bertz CT molecular complexity index is 1110. The molecule has 1 aliphatic heterocycles. The lowest BCUT2D eigenvalue weighted by atomic mass is 10.1. The van der Waals surface area contributed by atoms with Crippen molar-refractivity contribution in [3.8, 4) is 17.2 Å². The third-order valence-electron chi connectivity index (χ3n) is 4.00. The van der Waals surface area contributed by atoms with Crippen LogP contribution in [0.2, 0.25) is 0 Å². The monoisotopic (exact) mass is 414 g/mol. The molecule has 0 atom stereocenters. The number of thiophene rings is 1. The predicted molar refractivity (Wildman–Crippen MR) is 102 cm³/mol. The highest BCUT2D eigenvalue weighted by Gasteiger charge is 2.28. The molecule has 0 bridgehead atoms. The van der Waals surface area contributed by atoms with Crippen LogP contribution in [0.4, 0.5) is 8.78 Å². The molecule has 0 aliphatic carbocycles. The normalized spacial score (nSPS) is 14.0. The summed E-state index contributed by atoms with van der Waals surface area (Å²) < 4.78 is 40.5. The third kappa shape index (κ3) is 4.02. The highest BCUT2D eigenvalue weighted by atomic mass is 32.1. The lowest BCUT2D eigenvalue weighted by Crippen LogP contribution is -2.06. The molecule has 0 fully saturated rings. The zero-order chi connectivity index (χ0) is 20.4. The Morgan fingerprint density at radius 2 is 1.93 bits per heavy atom. The molecule has 8 heteroatoms. The Balaban J connectivity index is 1.57. The maximum absolute atomic E-state index is 12.6. The topological polar surface area (TPSA) is 61.8 Å². The van der Waals surface area contributed by atoms with Crippen LogP contribution in [-0.2, 0) is 0 Å². The molecule has 3 aromatic rings. The first-order valence-corrected chi connectivity index (χ1v) is 9.27. The first kappa shape index (κ1) is 18.8. The van der Waals surface area contributed by atoms with Gasteiger partial charge >= 0.3 is 12.6 Å². The molecule has 1 aliphatic rings. The first-order valence-electron chi connectivity index (χ1n) is 8.39. The van der Waals surface area contributed by atoms with E-state index in [4.69, 9.17) is 9.47 Å². The summed E-state index contributed by atoms with van der Waals surface area (Å²) >= 11 is 1.25. The quantitative estimate of drug-likeness (QED) is 0.327. The van der Waals surface area contributed by atoms with Gasteiger partial charge in [0.2, 0.25) is 5.78 Å². The number of Topliss-reactive ketones (excluding diaryl/α,β-unsaturated/α-hetero) is 1. The van der Waals surface area contributed by atoms with Gasteiger partial charge in [-0.25, -0.2) is 4.79 Å². The van der Waals surface area contributed by atoms with Gasteiger partial charge < -0.3 is 14.2 Å². The van der Waals surface area contributed by atoms with Crippen molar-refractivity contribution < 1.29 is 32.6 Å². The van der Waals surface area contributed by atoms with Gasteiger partial charge in [-0.15, -0.1) is 11.3 Å². The van der Waals surface area contributed by atoms with Crippen LogP contribution in [-0.4, -0.2) is 18.4 Å². The molecule has 0 amide bonds. The SMILES string of the molecule is O=C(Oc1ccc2c(c1)O/C(=C\c1ccccc1OC(F)F)C2=O)c1cccs1. The van der Waals surface area contributed by atoms with Crippen LogP contribution in [0.3, 0.4) is 0 Å². The average molecular weight is 414 g/mol. The van der Waals surface area contributed by atoms with Crippen molar-refractivity contribution in [2.45, 2.75) is 6.61 Å². The van der Waals surface area contributed by atoms with Crippen molar-refractivity contribution >= 4 is 29.2 Å². The fourth-order valence-corrected chi connectivity index (χ4v) is 3.33. The van der Waals surface area contributed by atoms with E-state index < -0.39 is 18.4 Å². The van der Waals surface area contributed by atoms with E-state index in [1.807, 2.05) is 0 Å². The number of ether oxygens (including phenoxy) is 3. The van der Waals surface area contributed by atoms with Gasteiger partial charge in [-0.3, -0.25) is 4.79 Å². The van der Waals surface area contributed by atoms with E-state index in [0.29, 0.717) is 4.88 Å². The smallest absolute Gasteiger partial charge is 0.387 e. The number of carbonyl (C=O) groups is 2. The van der Waals surface area contributed by atoms with E-state index in [0.717, 1.165) is 0 Å². The number of rotatable bonds is 5. The van der Waals surface area contributed by atoms with Gasteiger partial charge in [0, 0.05) is 11.6 Å². The minimum Gasteiger partial charge on any atom is -0.452 e. The van der Waals surface area contributed by atoms with E-state index >= 15 is 0 Å². The summed E-state index contributed by atoms with van der Waals surface area (Å²) in [6, 6.07) is 13.8. The molecule has 5 nitrogen and oxygen atoms in total. The fraction of sp³-hybridized carbons (Fsp3) is 0.0476. The van der Waals surface area contributed by atoms with Crippen LogP contribution in [0.15, 0.2) is 65.7 Å². The number of hydrogen-bond donors (Lipinski definition) is 0. The van der Waals surface area contributed by atoms with Gasteiger partial charge in [0.1, 0.15) is 22.1 Å². The molecule has 1 aromatic heterocycles. The van der Waals surface area contributed by atoms with E-state index in [-0.39, 0.29) is 34.1 Å². The molecule has 2 heterocycles. The summed E-state index contributed by atoms with van der Waals surface area (Å²) in [5.74, 6) is -0.622. The molecule has 2 aromatic carbocycles. The number of benzene rings is 2. The number of fused-ring (bicyclic) bond motifs is 1. The predicted octanol–water partition coefficient (Wildman–Crippen LogP) is 5.18. The van der Waals surface area contributed by atoms with Crippen LogP contribution in [0.1, 0.15) is 25.6 Å². The Labute approximate surface area is 167 Å². The highest BCUT2D eigenvalue weighted by Crippen LogP contribution is 2.36. The molecule has 0 spiro atoms. The second-order valence-electron chi connectivity index (χ2n) is 5.88. The Hall–Kier alpha value is -3.52. The summed E-state index contributed by atoms with van der Waals surface area (Å²) in [5, 5.41) is 1.76. The summed E-state index contributed by atoms with van der Waals surface area (Å²) in [5.41, 5.74) is 0.549. The molecule has 0 saturated heterocycles. The fourth-order valence-electron chi connectivity index (χ4n) is 2.73. The minimum absolute atomic E-state index is 0.0490. The molecular formula is C21H12F2O5S. The number of para-hydroxylation sites is 1. The molecular weight excluding hydrogens is 402 g/mol. The van der Waals surface area contributed by atoms with Gasteiger partial charge in [0.15, 0.2) is 5.76 Å². The van der Waals surface area contributed by atoms with Crippen molar-refractivity contribution in [2.24, 2.45) is 0 Å². The van der Waals surface area contributed by atoms with Crippen LogP contribution in [0.5, 0.6) is 17.2 Å². The maximum Gasteiger partial charge on any atom is 0.387 e. The maximum atomic E-state index is 12.6. The van der Waals surface area contributed by atoms with Crippen LogP contribution in [0.25, 0.3) is 6.08 Å².